The monoisotopic (exact) mass is 394 g/mol. The number of methoxy groups -OCH3 is 2. The van der Waals surface area contributed by atoms with Crippen LogP contribution in [0, 0.1) is 0 Å². The molecule has 0 aliphatic rings. The molecule has 0 aliphatic carbocycles. The fourth-order valence-corrected chi connectivity index (χ4v) is 3.30. The van der Waals surface area contributed by atoms with Crippen molar-refractivity contribution in [2.24, 2.45) is 0 Å². The number of aromatic nitrogens is 3. The molecule has 0 aliphatic heterocycles. The number of nitrogens with one attached hydrogen (secondary N) is 2. The highest BCUT2D eigenvalue weighted by atomic mass is 16.5. The van der Waals surface area contributed by atoms with Gasteiger partial charge in [-0.05, 0) is 18.2 Å². The molecule has 4 N–H and O–H groups in total. The Balaban J connectivity index is 1.80. The van der Waals surface area contributed by atoms with Gasteiger partial charge in [-0.3, -0.25) is 4.79 Å². The first-order valence-corrected chi connectivity index (χ1v) is 9.16. The van der Waals surface area contributed by atoms with Crippen molar-refractivity contribution in [3.05, 3.63) is 52.3 Å². The minimum atomic E-state index is -0.308. The number of para-hydroxylation sites is 2. The van der Waals surface area contributed by atoms with Gasteiger partial charge in [0, 0.05) is 24.1 Å². The predicted octanol–water partition coefficient (Wildman–Crippen LogP) is 2.83. The van der Waals surface area contributed by atoms with Gasteiger partial charge in [-0.1, -0.05) is 12.1 Å². The van der Waals surface area contributed by atoms with Crippen molar-refractivity contribution in [3.63, 3.8) is 0 Å². The summed E-state index contributed by atoms with van der Waals surface area (Å²) < 4.78 is 16.1. The summed E-state index contributed by atoms with van der Waals surface area (Å²) in [5.74, 6) is 0.670. The number of nitrogens with zero attached hydrogens (tertiary/aromatic N) is 1. The van der Waals surface area contributed by atoms with Crippen LogP contribution in [0.4, 0.5) is 5.69 Å². The van der Waals surface area contributed by atoms with Crippen LogP contribution in [0.15, 0.2) is 41.2 Å². The van der Waals surface area contributed by atoms with Crippen LogP contribution in [-0.4, -0.2) is 42.4 Å². The van der Waals surface area contributed by atoms with E-state index in [0.717, 1.165) is 16.5 Å². The van der Waals surface area contributed by atoms with Gasteiger partial charge in [0.1, 0.15) is 5.75 Å². The summed E-state index contributed by atoms with van der Waals surface area (Å²) >= 11 is 0. The van der Waals surface area contributed by atoms with Crippen molar-refractivity contribution in [1.82, 2.24) is 15.0 Å². The second-order valence-corrected chi connectivity index (χ2v) is 6.60. The Morgan fingerprint density at radius 2 is 1.90 bits per heavy atom. The number of nitrogen functional groups attached to an aromatic ring is 1. The molecule has 0 saturated heterocycles. The maximum atomic E-state index is 12.6. The average Bonchev–Trinajstić information content (AvgIpc) is 3.05. The van der Waals surface area contributed by atoms with Gasteiger partial charge in [0.15, 0.2) is 5.69 Å². The van der Waals surface area contributed by atoms with Crippen LogP contribution in [0.2, 0.25) is 0 Å². The molecular weight excluding hydrogens is 372 g/mol. The van der Waals surface area contributed by atoms with E-state index in [1.165, 1.54) is 0 Å². The van der Waals surface area contributed by atoms with E-state index in [1.54, 1.807) is 14.2 Å². The summed E-state index contributed by atoms with van der Waals surface area (Å²) in [6, 6.07) is 11.1. The zero-order chi connectivity index (χ0) is 20.4. The number of aromatic amines is 2. The Morgan fingerprint density at radius 1 is 1.07 bits per heavy atom. The van der Waals surface area contributed by atoms with E-state index in [4.69, 9.17) is 19.9 Å². The van der Waals surface area contributed by atoms with Crippen LogP contribution in [0.3, 0.4) is 0 Å². The minimum Gasteiger partial charge on any atom is -0.496 e. The molecule has 0 saturated carbocycles. The van der Waals surface area contributed by atoms with Crippen molar-refractivity contribution in [1.29, 1.82) is 0 Å². The van der Waals surface area contributed by atoms with Crippen molar-refractivity contribution >= 4 is 27.6 Å². The molecule has 8 heteroatoms. The van der Waals surface area contributed by atoms with Gasteiger partial charge >= 0.3 is 0 Å². The summed E-state index contributed by atoms with van der Waals surface area (Å²) in [6.45, 7) is 1.34. The summed E-state index contributed by atoms with van der Waals surface area (Å²) in [4.78, 5) is 23.2. The smallest absolute Gasteiger partial charge is 0.276 e. The molecule has 4 aromatic rings. The van der Waals surface area contributed by atoms with Gasteiger partial charge in [0.25, 0.3) is 5.56 Å². The Bertz CT molecular complexity index is 1230. The normalized spacial score (nSPS) is 11.4. The SMILES string of the molecule is COCCOCc1cc2c(N)c(-c3nc4ccccc4[nH]c3=O)[nH]c2cc1OC. The van der Waals surface area contributed by atoms with Gasteiger partial charge < -0.3 is 29.9 Å². The Labute approximate surface area is 166 Å². The summed E-state index contributed by atoms with van der Waals surface area (Å²) in [7, 11) is 3.23. The lowest BCUT2D eigenvalue weighted by molar-refractivity contribution is 0.0608. The molecule has 0 fully saturated rings. The molecule has 150 valence electrons. The quantitative estimate of drug-likeness (QED) is 0.415. The lowest BCUT2D eigenvalue weighted by atomic mass is 10.1. The predicted molar refractivity (Wildman–Crippen MR) is 112 cm³/mol. The highest BCUT2D eigenvalue weighted by molar-refractivity contribution is 6.00. The number of fused-ring (bicyclic) bond motifs is 2. The maximum absolute atomic E-state index is 12.6. The third-order valence-corrected chi connectivity index (χ3v) is 4.77. The van der Waals surface area contributed by atoms with Crippen molar-refractivity contribution in [3.8, 4) is 17.1 Å². The van der Waals surface area contributed by atoms with E-state index in [2.05, 4.69) is 15.0 Å². The third kappa shape index (κ3) is 3.55. The van der Waals surface area contributed by atoms with Crippen LogP contribution in [0.5, 0.6) is 5.75 Å². The van der Waals surface area contributed by atoms with Crippen molar-refractivity contribution < 1.29 is 14.2 Å². The van der Waals surface area contributed by atoms with Gasteiger partial charge in [-0.15, -0.1) is 0 Å². The fraction of sp³-hybridized carbons (Fsp3) is 0.238. The highest BCUT2D eigenvalue weighted by Crippen LogP contribution is 2.35. The highest BCUT2D eigenvalue weighted by Gasteiger charge is 2.18. The zero-order valence-corrected chi connectivity index (χ0v) is 16.2. The molecule has 0 amide bonds. The summed E-state index contributed by atoms with van der Waals surface area (Å²) in [5, 5.41) is 0.778. The second kappa shape index (κ2) is 7.94. The minimum absolute atomic E-state index is 0.245. The third-order valence-electron chi connectivity index (χ3n) is 4.77. The molecule has 0 unspecified atom stereocenters. The molecule has 0 spiro atoms. The van der Waals surface area contributed by atoms with Crippen LogP contribution >= 0.6 is 0 Å². The fourth-order valence-electron chi connectivity index (χ4n) is 3.30. The van der Waals surface area contributed by atoms with Crippen molar-refractivity contribution in [2.75, 3.05) is 33.2 Å². The van der Waals surface area contributed by atoms with Crippen LogP contribution in [0.1, 0.15) is 5.56 Å². The number of hydrogen-bond acceptors (Lipinski definition) is 6. The van der Waals surface area contributed by atoms with E-state index in [1.807, 2.05) is 36.4 Å². The van der Waals surface area contributed by atoms with Gasteiger partial charge in [-0.25, -0.2) is 4.98 Å². The Morgan fingerprint density at radius 3 is 2.69 bits per heavy atom. The Hall–Kier alpha value is -3.36. The molecule has 2 heterocycles. The first-order valence-electron chi connectivity index (χ1n) is 9.16. The second-order valence-electron chi connectivity index (χ2n) is 6.60. The van der Waals surface area contributed by atoms with Crippen LogP contribution in [-0.2, 0) is 16.1 Å². The van der Waals surface area contributed by atoms with E-state index >= 15 is 0 Å². The molecule has 8 nitrogen and oxygen atoms in total. The largest absolute Gasteiger partial charge is 0.496 e. The van der Waals surface area contributed by atoms with Crippen LogP contribution < -0.4 is 16.0 Å². The number of hydrogen-bond donors (Lipinski definition) is 3. The number of ether oxygens (including phenoxy) is 3. The van der Waals surface area contributed by atoms with E-state index in [-0.39, 0.29) is 11.3 Å². The number of anilines is 1. The molecule has 29 heavy (non-hydrogen) atoms. The Kier molecular flexibility index (Phi) is 5.20. The zero-order valence-electron chi connectivity index (χ0n) is 16.2. The standard InChI is InChI=1S/C21H22N4O4/c1-27-7-8-29-11-12-9-13-16(10-17(12)28-2)24-19(18(13)22)20-21(26)25-15-6-4-3-5-14(15)23-20/h3-6,9-10,24H,7-8,11,22H2,1-2H3,(H,25,26). The summed E-state index contributed by atoms with van der Waals surface area (Å²) in [6.07, 6.45) is 0. The summed E-state index contributed by atoms with van der Waals surface area (Å²) in [5.41, 5.74) is 10.2. The van der Waals surface area contributed by atoms with E-state index < -0.39 is 0 Å². The molecule has 0 radical (unpaired) electrons. The molecule has 2 aromatic carbocycles. The molecule has 0 bridgehead atoms. The number of nitrogens with two attached hydrogens (primary N) is 1. The average molecular weight is 394 g/mol. The first kappa shape index (κ1) is 19.0. The van der Waals surface area contributed by atoms with Crippen molar-refractivity contribution in [2.45, 2.75) is 6.61 Å². The van der Waals surface area contributed by atoms with Gasteiger partial charge in [0.05, 0.1) is 54.9 Å². The van der Waals surface area contributed by atoms with Gasteiger partial charge in [-0.2, -0.15) is 0 Å². The molecule has 2 aromatic heterocycles. The van der Waals surface area contributed by atoms with E-state index in [9.17, 15) is 4.79 Å². The number of rotatable bonds is 7. The molecule has 0 atom stereocenters. The molecular formula is C21H22N4O4. The van der Waals surface area contributed by atoms with Crippen LogP contribution in [0.25, 0.3) is 33.3 Å². The topological polar surface area (TPSA) is 115 Å². The van der Waals surface area contributed by atoms with Gasteiger partial charge in [0.2, 0.25) is 0 Å². The first-order chi connectivity index (χ1) is 14.1. The molecule has 4 rings (SSSR count). The lowest BCUT2D eigenvalue weighted by Gasteiger charge is -2.10. The number of benzene rings is 2. The maximum Gasteiger partial charge on any atom is 0.276 e. The lowest BCUT2D eigenvalue weighted by Crippen LogP contribution is -2.12. The number of H-pyrrole nitrogens is 2. The van der Waals surface area contributed by atoms with E-state index in [0.29, 0.717) is 48.0 Å².